The van der Waals surface area contributed by atoms with Crippen molar-refractivity contribution in [2.24, 2.45) is 0 Å². The van der Waals surface area contributed by atoms with E-state index in [0.717, 1.165) is 45.7 Å². The molecule has 5 nitrogen and oxygen atoms in total. The molecule has 2 aliphatic heterocycles. The van der Waals surface area contributed by atoms with Crippen LogP contribution in [0.3, 0.4) is 0 Å². The first-order chi connectivity index (χ1) is 9.31. The molecule has 1 amide bonds. The van der Waals surface area contributed by atoms with Gasteiger partial charge in [0.05, 0.1) is 13.2 Å². The maximum Gasteiger partial charge on any atom is 0.222 e. The van der Waals surface area contributed by atoms with E-state index >= 15 is 0 Å². The lowest BCUT2D eigenvalue weighted by molar-refractivity contribution is -0.135. The molecule has 0 aromatic rings. The summed E-state index contributed by atoms with van der Waals surface area (Å²) in [5, 5.41) is 3.32. The normalized spacial score (nSPS) is 20.6. The lowest BCUT2D eigenvalue weighted by Crippen LogP contribution is -2.57. The molecule has 110 valence electrons. The topological polar surface area (TPSA) is 44.8 Å². The number of amides is 1. The zero-order chi connectivity index (χ0) is 13.5. The molecule has 2 saturated heterocycles. The molecule has 5 heteroatoms. The quantitative estimate of drug-likeness (QED) is 0.722. The van der Waals surface area contributed by atoms with Gasteiger partial charge in [-0.2, -0.15) is 0 Å². The Bertz CT molecular complexity index is 276. The molecule has 0 bridgehead atoms. The first-order valence-corrected chi connectivity index (χ1v) is 7.61. The van der Waals surface area contributed by atoms with Gasteiger partial charge in [-0.25, -0.2) is 0 Å². The van der Waals surface area contributed by atoms with Crippen molar-refractivity contribution in [2.45, 2.75) is 32.2 Å². The van der Waals surface area contributed by atoms with Gasteiger partial charge < -0.3 is 15.0 Å². The molecule has 1 N–H and O–H groups in total. The highest BCUT2D eigenvalue weighted by Crippen LogP contribution is 2.09. The standard InChI is InChI=1S/C14H27N3O2/c1-2-5-16(13-11-15-12-13)6-3-4-14(18)17-7-9-19-10-8-17/h13,15H,2-12H2,1H3. The highest BCUT2D eigenvalue weighted by atomic mass is 16.5. The Labute approximate surface area is 116 Å². The second kappa shape index (κ2) is 7.82. The summed E-state index contributed by atoms with van der Waals surface area (Å²) in [6, 6.07) is 0.693. The van der Waals surface area contributed by atoms with Crippen LogP contribution in [-0.4, -0.2) is 74.2 Å². The van der Waals surface area contributed by atoms with Crippen LogP contribution in [0.4, 0.5) is 0 Å². The molecule has 0 spiro atoms. The number of rotatable bonds is 7. The monoisotopic (exact) mass is 269 g/mol. The number of hydrogen-bond acceptors (Lipinski definition) is 4. The number of nitrogens with zero attached hydrogens (tertiary/aromatic N) is 2. The summed E-state index contributed by atoms with van der Waals surface area (Å²) >= 11 is 0. The molecule has 2 aliphatic rings. The Morgan fingerprint density at radius 3 is 2.63 bits per heavy atom. The van der Waals surface area contributed by atoms with Crippen molar-refractivity contribution in [3.8, 4) is 0 Å². The summed E-state index contributed by atoms with van der Waals surface area (Å²) in [5.41, 5.74) is 0. The number of morpholine rings is 1. The molecular weight excluding hydrogens is 242 g/mol. The highest BCUT2D eigenvalue weighted by Gasteiger charge is 2.24. The second-order valence-electron chi connectivity index (χ2n) is 5.44. The van der Waals surface area contributed by atoms with Gasteiger partial charge in [-0.05, 0) is 25.9 Å². The van der Waals surface area contributed by atoms with Crippen LogP contribution in [-0.2, 0) is 9.53 Å². The van der Waals surface area contributed by atoms with E-state index in [1.54, 1.807) is 0 Å². The van der Waals surface area contributed by atoms with Gasteiger partial charge >= 0.3 is 0 Å². The summed E-state index contributed by atoms with van der Waals surface area (Å²) in [5.74, 6) is 0.298. The molecule has 19 heavy (non-hydrogen) atoms. The van der Waals surface area contributed by atoms with Crippen LogP contribution >= 0.6 is 0 Å². The summed E-state index contributed by atoms with van der Waals surface area (Å²) in [4.78, 5) is 16.5. The Balaban J connectivity index is 1.64. The number of carbonyl (C=O) groups is 1. The van der Waals surface area contributed by atoms with Crippen molar-refractivity contribution < 1.29 is 9.53 Å². The molecule has 0 saturated carbocycles. The largest absolute Gasteiger partial charge is 0.378 e. The first-order valence-electron chi connectivity index (χ1n) is 7.61. The van der Waals surface area contributed by atoms with Crippen LogP contribution in [0.2, 0.25) is 0 Å². The smallest absolute Gasteiger partial charge is 0.222 e. The van der Waals surface area contributed by atoms with Crippen LogP contribution in [0.5, 0.6) is 0 Å². The molecule has 0 unspecified atom stereocenters. The van der Waals surface area contributed by atoms with Gasteiger partial charge in [-0.15, -0.1) is 0 Å². The van der Waals surface area contributed by atoms with Gasteiger partial charge in [0.1, 0.15) is 0 Å². The van der Waals surface area contributed by atoms with Gasteiger partial charge in [0.25, 0.3) is 0 Å². The minimum absolute atomic E-state index is 0.298. The number of hydrogen-bond donors (Lipinski definition) is 1. The molecule has 0 aromatic carbocycles. The molecule has 0 aliphatic carbocycles. The molecule has 2 fully saturated rings. The van der Waals surface area contributed by atoms with Crippen LogP contribution in [0.1, 0.15) is 26.2 Å². The second-order valence-corrected chi connectivity index (χ2v) is 5.44. The molecule has 2 heterocycles. The Morgan fingerprint density at radius 2 is 2.05 bits per heavy atom. The van der Waals surface area contributed by atoms with Crippen molar-refractivity contribution in [2.75, 3.05) is 52.5 Å². The average molecular weight is 269 g/mol. The van der Waals surface area contributed by atoms with Crippen molar-refractivity contribution >= 4 is 5.91 Å². The van der Waals surface area contributed by atoms with Crippen LogP contribution in [0, 0.1) is 0 Å². The van der Waals surface area contributed by atoms with Gasteiger partial charge in [0.2, 0.25) is 5.91 Å². The SMILES string of the molecule is CCCN(CCCC(=O)N1CCOCC1)C1CNC1. The van der Waals surface area contributed by atoms with E-state index in [1.807, 2.05) is 4.90 Å². The van der Waals surface area contributed by atoms with Crippen LogP contribution in [0.25, 0.3) is 0 Å². The van der Waals surface area contributed by atoms with Gasteiger partial charge in [0, 0.05) is 38.6 Å². The predicted octanol–water partition coefficient (Wildman–Crippen LogP) is 0.309. The zero-order valence-corrected chi connectivity index (χ0v) is 12.1. The van der Waals surface area contributed by atoms with E-state index < -0.39 is 0 Å². The predicted molar refractivity (Wildman–Crippen MR) is 75.2 cm³/mol. The first kappa shape index (κ1) is 14.8. The Hall–Kier alpha value is -0.650. The molecule has 2 rings (SSSR count). The third-order valence-electron chi connectivity index (χ3n) is 3.99. The average Bonchev–Trinajstić information content (AvgIpc) is 2.38. The van der Waals surface area contributed by atoms with Crippen LogP contribution < -0.4 is 5.32 Å². The maximum absolute atomic E-state index is 12.0. The van der Waals surface area contributed by atoms with E-state index in [0.29, 0.717) is 31.6 Å². The molecule has 0 aromatic heterocycles. The molecule has 0 radical (unpaired) electrons. The van der Waals surface area contributed by atoms with Crippen molar-refractivity contribution in [1.82, 2.24) is 15.1 Å². The van der Waals surface area contributed by atoms with E-state index in [2.05, 4.69) is 17.1 Å². The zero-order valence-electron chi connectivity index (χ0n) is 12.1. The fourth-order valence-electron chi connectivity index (χ4n) is 2.70. The van der Waals surface area contributed by atoms with Crippen LogP contribution in [0.15, 0.2) is 0 Å². The Morgan fingerprint density at radius 1 is 1.32 bits per heavy atom. The highest BCUT2D eigenvalue weighted by molar-refractivity contribution is 5.76. The van der Waals surface area contributed by atoms with Gasteiger partial charge in [-0.3, -0.25) is 9.69 Å². The molecular formula is C14H27N3O2. The number of nitrogens with one attached hydrogen (secondary N) is 1. The van der Waals surface area contributed by atoms with E-state index in [-0.39, 0.29) is 0 Å². The van der Waals surface area contributed by atoms with E-state index in [1.165, 1.54) is 6.42 Å². The molecule has 0 atom stereocenters. The van der Waals surface area contributed by atoms with Gasteiger partial charge in [-0.1, -0.05) is 6.92 Å². The fourth-order valence-corrected chi connectivity index (χ4v) is 2.70. The third-order valence-corrected chi connectivity index (χ3v) is 3.99. The third kappa shape index (κ3) is 4.44. The summed E-state index contributed by atoms with van der Waals surface area (Å²) in [6.45, 7) is 9.57. The fraction of sp³-hybridized carbons (Fsp3) is 0.929. The minimum atomic E-state index is 0.298. The Kier molecular flexibility index (Phi) is 6.07. The lowest BCUT2D eigenvalue weighted by atomic mass is 10.1. The maximum atomic E-state index is 12.0. The summed E-state index contributed by atoms with van der Waals surface area (Å²) < 4.78 is 5.27. The number of ether oxygens (including phenoxy) is 1. The summed E-state index contributed by atoms with van der Waals surface area (Å²) in [6.07, 6.45) is 2.85. The van der Waals surface area contributed by atoms with Crippen molar-refractivity contribution in [3.63, 3.8) is 0 Å². The minimum Gasteiger partial charge on any atom is -0.378 e. The van der Waals surface area contributed by atoms with Gasteiger partial charge in [0.15, 0.2) is 0 Å². The van der Waals surface area contributed by atoms with E-state index in [9.17, 15) is 4.79 Å². The number of carbonyl (C=O) groups excluding carboxylic acids is 1. The lowest BCUT2D eigenvalue weighted by Gasteiger charge is -2.38. The van der Waals surface area contributed by atoms with E-state index in [4.69, 9.17) is 4.74 Å². The summed E-state index contributed by atoms with van der Waals surface area (Å²) in [7, 11) is 0. The van der Waals surface area contributed by atoms with Crippen molar-refractivity contribution in [1.29, 1.82) is 0 Å². The van der Waals surface area contributed by atoms with Crippen molar-refractivity contribution in [3.05, 3.63) is 0 Å².